The van der Waals surface area contributed by atoms with E-state index >= 15 is 0 Å². The van der Waals surface area contributed by atoms with Crippen LogP contribution in [0.15, 0.2) is 46.7 Å². The maximum absolute atomic E-state index is 12.7. The van der Waals surface area contributed by atoms with Crippen molar-refractivity contribution >= 4 is 18.0 Å². The van der Waals surface area contributed by atoms with Crippen LogP contribution in [0.4, 0.5) is 0 Å². The van der Waals surface area contributed by atoms with Gasteiger partial charge in [-0.1, -0.05) is 30.3 Å². The SMILES string of the molecule is CNC(=O)C1C=NN2C(=O)C(Cc3ccccc3)=C(C)NC12. The number of carbonyl (C=O) groups is 2. The van der Waals surface area contributed by atoms with Gasteiger partial charge in [0.05, 0.1) is 0 Å². The fourth-order valence-electron chi connectivity index (χ4n) is 2.77. The highest BCUT2D eigenvalue weighted by Crippen LogP contribution is 2.26. The van der Waals surface area contributed by atoms with E-state index in [2.05, 4.69) is 15.7 Å². The molecule has 2 unspecified atom stereocenters. The molecule has 1 aromatic rings. The highest BCUT2D eigenvalue weighted by atomic mass is 16.2. The zero-order chi connectivity index (χ0) is 15.7. The average Bonchev–Trinajstić information content (AvgIpc) is 2.95. The smallest absolute Gasteiger partial charge is 0.273 e. The standard InChI is InChI=1S/C16H18N4O2/c1-10-12(8-11-6-4-3-5-7-11)16(22)20-14(19-10)13(9-18-20)15(21)17-2/h3-7,9,13-14,19H,8H2,1-2H3,(H,17,21). The van der Waals surface area contributed by atoms with E-state index in [9.17, 15) is 9.59 Å². The maximum Gasteiger partial charge on any atom is 0.273 e. The summed E-state index contributed by atoms with van der Waals surface area (Å²) in [5.74, 6) is -0.772. The molecule has 2 heterocycles. The zero-order valence-electron chi connectivity index (χ0n) is 12.5. The lowest BCUT2D eigenvalue weighted by Crippen LogP contribution is -2.54. The first-order chi connectivity index (χ1) is 10.6. The quantitative estimate of drug-likeness (QED) is 0.859. The van der Waals surface area contributed by atoms with Crippen LogP contribution in [-0.2, 0) is 16.0 Å². The Hall–Kier alpha value is -2.63. The minimum absolute atomic E-state index is 0.146. The lowest BCUT2D eigenvalue weighted by atomic mass is 9.98. The second kappa shape index (κ2) is 5.63. The summed E-state index contributed by atoms with van der Waals surface area (Å²) in [4.78, 5) is 24.5. The minimum Gasteiger partial charge on any atom is -0.366 e. The molecule has 6 nitrogen and oxygen atoms in total. The van der Waals surface area contributed by atoms with Gasteiger partial charge in [0.2, 0.25) is 5.91 Å². The van der Waals surface area contributed by atoms with Gasteiger partial charge in [0, 0.05) is 31.0 Å². The van der Waals surface area contributed by atoms with Gasteiger partial charge < -0.3 is 10.6 Å². The lowest BCUT2D eigenvalue weighted by Gasteiger charge is -2.33. The van der Waals surface area contributed by atoms with Crippen LogP contribution >= 0.6 is 0 Å². The zero-order valence-corrected chi connectivity index (χ0v) is 12.5. The third kappa shape index (κ3) is 2.36. The molecule has 114 valence electrons. The normalized spacial score (nSPS) is 23.4. The molecule has 0 saturated heterocycles. The van der Waals surface area contributed by atoms with Crippen LogP contribution < -0.4 is 10.6 Å². The molecule has 0 spiro atoms. The molecule has 2 atom stereocenters. The number of nitrogens with zero attached hydrogens (tertiary/aromatic N) is 2. The Kier molecular flexibility index (Phi) is 3.66. The van der Waals surface area contributed by atoms with Crippen LogP contribution in [0.25, 0.3) is 0 Å². The van der Waals surface area contributed by atoms with Gasteiger partial charge >= 0.3 is 0 Å². The molecule has 0 aromatic heterocycles. The van der Waals surface area contributed by atoms with Crippen molar-refractivity contribution in [3.8, 4) is 0 Å². The Balaban J connectivity index is 1.85. The topological polar surface area (TPSA) is 73.8 Å². The van der Waals surface area contributed by atoms with E-state index in [-0.39, 0.29) is 11.8 Å². The van der Waals surface area contributed by atoms with Crippen LogP contribution in [0.5, 0.6) is 0 Å². The van der Waals surface area contributed by atoms with Crippen molar-refractivity contribution in [2.24, 2.45) is 11.0 Å². The van der Waals surface area contributed by atoms with Crippen molar-refractivity contribution in [1.29, 1.82) is 0 Å². The summed E-state index contributed by atoms with van der Waals surface area (Å²) >= 11 is 0. The van der Waals surface area contributed by atoms with Crippen LogP contribution in [0.2, 0.25) is 0 Å². The summed E-state index contributed by atoms with van der Waals surface area (Å²) in [5.41, 5.74) is 2.54. The third-order valence-electron chi connectivity index (χ3n) is 4.01. The second-order valence-electron chi connectivity index (χ2n) is 5.41. The first kappa shape index (κ1) is 14.3. The summed E-state index contributed by atoms with van der Waals surface area (Å²) in [6, 6.07) is 9.82. The van der Waals surface area contributed by atoms with Crippen molar-refractivity contribution in [1.82, 2.24) is 15.6 Å². The van der Waals surface area contributed by atoms with Gasteiger partial charge in [-0.05, 0) is 12.5 Å². The minimum atomic E-state index is -0.470. The molecule has 0 radical (unpaired) electrons. The van der Waals surface area contributed by atoms with E-state index in [4.69, 9.17) is 0 Å². The van der Waals surface area contributed by atoms with Gasteiger partial charge in [0.1, 0.15) is 12.1 Å². The molecule has 2 aliphatic rings. The monoisotopic (exact) mass is 298 g/mol. The third-order valence-corrected chi connectivity index (χ3v) is 4.01. The first-order valence-corrected chi connectivity index (χ1v) is 7.21. The molecule has 2 aliphatic heterocycles. The fraction of sp³-hybridized carbons (Fsp3) is 0.312. The number of benzene rings is 1. The van der Waals surface area contributed by atoms with Crippen molar-refractivity contribution in [3.63, 3.8) is 0 Å². The van der Waals surface area contributed by atoms with Crippen molar-refractivity contribution in [3.05, 3.63) is 47.2 Å². The first-order valence-electron chi connectivity index (χ1n) is 7.21. The molecule has 0 bridgehead atoms. The van der Waals surface area contributed by atoms with E-state index in [1.54, 1.807) is 7.05 Å². The highest BCUT2D eigenvalue weighted by molar-refractivity contribution is 6.01. The summed E-state index contributed by atoms with van der Waals surface area (Å²) < 4.78 is 0. The predicted octanol–water partition coefficient (Wildman–Crippen LogP) is 0.623. The van der Waals surface area contributed by atoms with E-state index in [0.717, 1.165) is 11.3 Å². The van der Waals surface area contributed by atoms with Crippen LogP contribution in [-0.4, -0.2) is 36.3 Å². The Bertz CT molecular complexity index is 666. The van der Waals surface area contributed by atoms with Gasteiger partial charge in [-0.2, -0.15) is 5.10 Å². The fourth-order valence-corrected chi connectivity index (χ4v) is 2.77. The molecular weight excluding hydrogens is 280 g/mol. The van der Waals surface area contributed by atoms with Gasteiger partial charge in [-0.25, -0.2) is 5.01 Å². The number of nitrogens with one attached hydrogen (secondary N) is 2. The Labute approximate surface area is 128 Å². The van der Waals surface area contributed by atoms with Gasteiger partial charge in [0.15, 0.2) is 0 Å². The number of hydrazone groups is 1. The average molecular weight is 298 g/mol. The molecule has 0 fully saturated rings. The molecular formula is C16H18N4O2. The number of hydrogen-bond acceptors (Lipinski definition) is 4. The van der Waals surface area contributed by atoms with Crippen LogP contribution in [0.1, 0.15) is 12.5 Å². The molecule has 0 saturated carbocycles. The largest absolute Gasteiger partial charge is 0.366 e. The van der Waals surface area contributed by atoms with Crippen LogP contribution in [0, 0.1) is 5.92 Å². The van der Waals surface area contributed by atoms with Gasteiger partial charge in [-0.15, -0.1) is 0 Å². The van der Waals surface area contributed by atoms with Crippen LogP contribution in [0.3, 0.4) is 0 Å². The van der Waals surface area contributed by atoms with E-state index in [0.29, 0.717) is 12.0 Å². The van der Waals surface area contributed by atoms with Crippen molar-refractivity contribution < 1.29 is 9.59 Å². The maximum atomic E-state index is 12.7. The predicted molar refractivity (Wildman–Crippen MR) is 82.7 cm³/mol. The molecule has 6 heteroatoms. The van der Waals surface area contributed by atoms with E-state index in [1.807, 2.05) is 37.3 Å². The summed E-state index contributed by atoms with van der Waals surface area (Å²) in [6.07, 6.45) is 1.63. The number of carbonyl (C=O) groups excluding carboxylic acids is 2. The molecule has 3 rings (SSSR count). The van der Waals surface area contributed by atoms with Gasteiger partial charge in [-0.3, -0.25) is 9.59 Å². The molecule has 22 heavy (non-hydrogen) atoms. The summed E-state index contributed by atoms with van der Waals surface area (Å²) in [6.45, 7) is 1.87. The summed E-state index contributed by atoms with van der Waals surface area (Å²) in [7, 11) is 1.58. The number of hydrogen-bond donors (Lipinski definition) is 2. The van der Waals surface area contributed by atoms with Crippen molar-refractivity contribution in [2.45, 2.75) is 19.5 Å². The Morgan fingerprint density at radius 3 is 2.77 bits per heavy atom. The van der Waals surface area contributed by atoms with Gasteiger partial charge in [0.25, 0.3) is 5.91 Å². The number of fused-ring (bicyclic) bond motifs is 1. The lowest BCUT2D eigenvalue weighted by molar-refractivity contribution is -0.133. The van der Waals surface area contributed by atoms with E-state index in [1.165, 1.54) is 11.2 Å². The van der Waals surface area contributed by atoms with E-state index < -0.39 is 12.1 Å². The summed E-state index contributed by atoms with van der Waals surface area (Å²) in [5, 5.41) is 11.3. The van der Waals surface area contributed by atoms with Crippen molar-refractivity contribution in [2.75, 3.05) is 7.05 Å². The Morgan fingerprint density at radius 1 is 1.36 bits per heavy atom. The molecule has 1 aromatic carbocycles. The second-order valence-corrected chi connectivity index (χ2v) is 5.41. The number of amides is 2. The Morgan fingerprint density at radius 2 is 2.09 bits per heavy atom. The molecule has 0 aliphatic carbocycles. The highest BCUT2D eigenvalue weighted by Gasteiger charge is 2.43. The number of rotatable bonds is 3. The molecule has 2 N–H and O–H groups in total. The molecule has 2 amide bonds. The number of allylic oxidation sites excluding steroid dienone is 1.